The van der Waals surface area contributed by atoms with Gasteiger partial charge >= 0.3 is 0 Å². The highest BCUT2D eigenvalue weighted by molar-refractivity contribution is 7.10. The second kappa shape index (κ2) is 5.83. The molecule has 0 amide bonds. The lowest BCUT2D eigenvalue weighted by atomic mass is 9.88. The van der Waals surface area contributed by atoms with E-state index in [9.17, 15) is 0 Å². The average Bonchev–Trinajstić information content (AvgIpc) is 2.56. The summed E-state index contributed by atoms with van der Waals surface area (Å²) in [5.74, 6) is 0.758. The summed E-state index contributed by atoms with van der Waals surface area (Å²) in [7, 11) is 0. The Balaban J connectivity index is 2.17. The third kappa shape index (κ3) is 2.67. The minimum Gasteiger partial charge on any atom is -0.314 e. The van der Waals surface area contributed by atoms with E-state index in [-0.39, 0.29) is 0 Å². The molecule has 1 saturated carbocycles. The third-order valence-electron chi connectivity index (χ3n) is 3.78. The maximum atomic E-state index is 3.69. The molecule has 2 rings (SSSR count). The predicted octanol–water partition coefficient (Wildman–Crippen LogP) is 4.08. The van der Waals surface area contributed by atoms with Gasteiger partial charge in [-0.2, -0.15) is 0 Å². The molecule has 1 aromatic heterocycles. The van der Waals surface area contributed by atoms with Crippen LogP contribution >= 0.6 is 11.3 Å². The quantitative estimate of drug-likeness (QED) is 0.781. The van der Waals surface area contributed by atoms with Crippen LogP contribution in [0, 0.1) is 6.92 Å². The summed E-state index contributed by atoms with van der Waals surface area (Å²) in [6.07, 6.45) is 6.95. The van der Waals surface area contributed by atoms with Crippen molar-refractivity contribution in [2.45, 2.75) is 57.9 Å². The van der Waals surface area contributed by atoms with Crippen LogP contribution in [0.1, 0.15) is 55.4 Å². The van der Waals surface area contributed by atoms with Gasteiger partial charge in [0.25, 0.3) is 0 Å². The Morgan fingerprint density at radius 3 is 2.81 bits per heavy atom. The zero-order valence-electron chi connectivity index (χ0n) is 10.5. The summed E-state index contributed by atoms with van der Waals surface area (Å²) in [6.45, 7) is 5.60. The van der Waals surface area contributed by atoms with Crippen molar-refractivity contribution in [3.8, 4) is 0 Å². The fourth-order valence-corrected chi connectivity index (χ4v) is 3.74. The molecule has 0 aliphatic heterocycles. The number of thiophene rings is 1. The molecule has 2 unspecified atom stereocenters. The summed E-state index contributed by atoms with van der Waals surface area (Å²) in [5, 5.41) is 5.94. The van der Waals surface area contributed by atoms with Crippen molar-refractivity contribution < 1.29 is 0 Å². The highest BCUT2D eigenvalue weighted by Crippen LogP contribution is 2.35. The highest BCUT2D eigenvalue weighted by atomic mass is 32.1. The second-order valence-electron chi connectivity index (χ2n) is 4.84. The molecule has 90 valence electrons. The van der Waals surface area contributed by atoms with Gasteiger partial charge < -0.3 is 5.32 Å². The molecule has 1 aromatic rings. The normalized spacial score (nSPS) is 26.6. The molecule has 0 aromatic carbocycles. The van der Waals surface area contributed by atoms with Gasteiger partial charge in [0.2, 0.25) is 0 Å². The molecule has 1 heterocycles. The minimum atomic E-state index is 0.709. The lowest BCUT2D eigenvalue weighted by molar-refractivity contribution is 0.419. The Morgan fingerprint density at radius 2 is 2.12 bits per heavy atom. The van der Waals surface area contributed by atoms with E-state index in [0.29, 0.717) is 6.04 Å². The van der Waals surface area contributed by atoms with Crippen LogP contribution in [0.5, 0.6) is 0 Å². The van der Waals surface area contributed by atoms with Crippen LogP contribution in [0.3, 0.4) is 0 Å². The summed E-state index contributed by atoms with van der Waals surface area (Å²) in [4.78, 5) is 1.52. The fourth-order valence-electron chi connectivity index (χ4n) is 2.97. The molecular weight excluding hydrogens is 214 g/mol. The number of aryl methyl sites for hydroxylation is 1. The van der Waals surface area contributed by atoms with Crippen LogP contribution in [0.2, 0.25) is 0 Å². The van der Waals surface area contributed by atoms with Crippen LogP contribution in [0.4, 0.5) is 0 Å². The SMILES string of the molecule is CCNC1CCCCCC1c1ccsc1C. The lowest BCUT2D eigenvalue weighted by Crippen LogP contribution is -2.34. The summed E-state index contributed by atoms with van der Waals surface area (Å²) >= 11 is 1.90. The molecule has 0 bridgehead atoms. The molecule has 0 spiro atoms. The van der Waals surface area contributed by atoms with E-state index in [0.717, 1.165) is 12.5 Å². The van der Waals surface area contributed by atoms with Crippen molar-refractivity contribution in [2.24, 2.45) is 0 Å². The molecule has 1 aliphatic rings. The Hall–Kier alpha value is -0.340. The van der Waals surface area contributed by atoms with Crippen LogP contribution in [0.15, 0.2) is 11.4 Å². The summed E-state index contributed by atoms with van der Waals surface area (Å²) in [6, 6.07) is 3.06. The number of likely N-dealkylation sites (N-methyl/N-ethyl adjacent to an activating group) is 1. The molecule has 2 atom stereocenters. The van der Waals surface area contributed by atoms with E-state index in [1.165, 1.54) is 37.0 Å². The molecule has 1 nitrogen and oxygen atoms in total. The summed E-state index contributed by atoms with van der Waals surface area (Å²) in [5.41, 5.74) is 1.61. The van der Waals surface area contributed by atoms with Crippen molar-refractivity contribution in [3.05, 3.63) is 21.9 Å². The average molecular weight is 237 g/mol. The highest BCUT2D eigenvalue weighted by Gasteiger charge is 2.25. The number of hydrogen-bond donors (Lipinski definition) is 1. The Bertz CT molecular complexity index is 318. The first-order valence-electron chi connectivity index (χ1n) is 6.60. The zero-order chi connectivity index (χ0) is 11.4. The van der Waals surface area contributed by atoms with Gasteiger partial charge in [0.1, 0.15) is 0 Å². The van der Waals surface area contributed by atoms with E-state index < -0.39 is 0 Å². The maximum Gasteiger partial charge on any atom is 0.0136 e. The van der Waals surface area contributed by atoms with Gasteiger partial charge in [0, 0.05) is 16.8 Å². The van der Waals surface area contributed by atoms with Crippen molar-refractivity contribution in [1.29, 1.82) is 0 Å². The number of nitrogens with one attached hydrogen (secondary N) is 1. The maximum absolute atomic E-state index is 3.69. The molecule has 1 N–H and O–H groups in total. The van der Waals surface area contributed by atoms with Crippen LogP contribution in [-0.2, 0) is 0 Å². The number of rotatable bonds is 3. The largest absolute Gasteiger partial charge is 0.314 e. The zero-order valence-corrected chi connectivity index (χ0v) is 11.3. The van der Waals surface area contributed by atoms with E-state index >= 15 is 0 Å². The fraction of sp³-hybridized carbons (Fsp3) is 0.714. The monoisotopic (exact) mass is 237 g/mol. The molecule has 0 radical (unpaired) electrons. The number of hydrogen-bond acceptors (Lipinski definition) is 2. The van der Waals surface area contributed by atoms with Gasteiger partial charge in [-0.05, 0) is 43.3 Å². The van der Waals surface area contributed by atoms with Crippen molar-refractivity contribution in [1.82, 2.24) is 5.32 Å². The van der Waals surface area contributed by atoms with Crippen molar-refractivity contribution >= 4 is 11.3 Å². The van der Waals surface area contributed by atoms with Crippen molar-refractivity contribution in [3.63, 3.8) is 0 Å². The topological polar surface area (TPSA) is 12.0 Å². The first kappa shape index (κ1) is 12.1. The standard InChI is InChI=1S/C14H23NS/c1-3-15-14-8-6-4-5-7-13(14)12-9-10-16-11(12)2/h9-10,13-15H,3-8H2,1-2H3. The summed E-state index contributed by atoms with van der Waals surface area (Å²) < 4.78 is 0. The van der Waals surface area contributed by atoms with E-state index in [1.54, 1.807) is 5.56 Å². The van der Waals surface area contributed by atoms with Crippen LogP contribution < -0.4 is 5.32 Å². The predicted molar refractivity (Wildman–Crippen MR) is 72.3 cm³/mol. The Labute approximate surface area is 103 Å². The van der Waals surface area contributed by atoms with Crippen LogP contribution in [0.25, 0.3) is 0 Å². The van der Waals surface area contributed by atoms with Gasteiger partial charge in [-0.3, -0.25) is 0 Å². The van der Waals surface area contributed by atoms with Gasteiger partial charge in [-0.15, -0.1) is 11.3 Å². The van der Waals surface area contributed by atoms with Gasteiger partial charge in [-0.25, -0.2) is 0 Å². The van der Waals surface area contributed by atoms with Crippen molar-refractivity contribution in [2.75, 3.05) is 6.54 Å². The molecular formula is C14H23NS. The first-order valence-corrected chi connectivity index (χ1v) is 7.48. The van der Waals surface area contributed by atoms with Crippen LogP contribution in [-0.4, -0.2) is 12.6 Å². The molecule has 1 aliphatic carbocycles. The third-order valence-corrected chi connectivity index (χ3v) is 4.64. The molecule has 16 heavy (non-hydrogen) atoms. The second-order valence-corrected chi connectivity index (χ2v) is 5.96. The molecule has 1 fully saturated rings. The Kier molecular flexibility index (Phi) is 4.42. The molecule has 2 heteroatoms. The van der Waals surface area contributed by atoms with Gasteiger partial charge in [0.05, 0.1) is 0 Å². The van der Waals surface area contributed by atoms with E-state index in [1.807, 2.05) is 11.3 Å². The van der Waals surface area contributed by atoms with E-state index in [2.05, 4.69) is 30.6 Å². The smallest absolute Gasteiger partial charge is 0.0136 e. The molecule has 0 saturated heterocycles. The van der Waals surface area contributed by atoms with E-state index in [4.69, 9.17) is 0 Å². The minimum absolute atomic E-state index is 0.709. The Morgan fingerprint density at radius 1 is 1.31 bits per heavy atom. The van der Waals surface area contributed by atoms with Gasteiger partial charge in [0.15, 0.2) is 0 Å². The lowest BCUT2D eigenvalue weighted by Gasteiger charge is -2.26. The first-order chi connectivity index (χ1) is 7.83. The van der Waals surface area contributed by atoms with Gasteiger partial charge in [-0.1, -0.05) is 26.2 Å².